The van der Waals surface area contributed by atoms with Crippen molar-refractivity contribution < 1.29 is 28.9 Å². The highest BCUT2D eigenvalue weighted by atomic mass is 16.5. The number of methoxy groups -OCH3 is 3. The molecule has 198 valence electrons. The molecule has 3 aromatic carbocycles. The largest absolute Gasteiger partial charge is 0.507 e. The number of carbonyl (C=O) groups is 2. The first kappa shape index (κ1) is 26.6. The number of anilines is 2. The van der Waals surface area contributed by atoms with E-state index in [4.69, 9.17) is 14.2 Å². The molecule has 1 unspecified atom stereocenters. The zero-order valence-electron chi connectivity index (χ0n) is 22.2. The van der Waals surface area contributed by atoms with Gasteiger partial charge in [0, 0.05) is 30.0 Å². The summed E-state index contributed by atoms with van der Waals surface area (Å²) in [5.74, 6) is -0.387. The quantitative estimate of drug-likeness (QED) is 0.238. The van der Waals surface area contributed by atoms with Crippen LogP contribution in [-0.2, 0) is 9.59 Å². The first-order valence-corrected chi connectivity index (χ1v) is 12.4. The maximum Gasteiger partial charge on any atom is 0.300 e. The monoisotopic (exact) mass is 516 g/mol. The average Bonchev–Trinajstić information content (AvgIpc) is 3.23. The van der Waals surface area contributed by atoms with Gasteiger partial charge in [0.1, 0.15) is 11.5 Å². The molecule has 0 saturated carbocycles. The summed E-state index contributed by atoms with van der Waals surface area (Å²) in [6.45, 7) is 5.84. The molecule has 0 bridgehead atoms. The van der Waals surface area contributed by atoms with Crippen LogP contribution in [0.3, 0.4) is 0 Å². The molecule has 4 rings (SSSR count). The first-order valence-electron chi connectivity index (χ1n) is 12.4. The summed E-state index contributed by atoms with van der Waals surface area (Å²) in [6.07, 6.45) is 0. The van der Waals surface area contributed by atoms with Gasteiger partial charge in [-0.25, -0.2) is 0 Å². The van der Waals surface area contributed by atoms with E-state index < -0.39 is 17.7 Å². The van der Waals surface area contributed by atoms with Crippen LogP contribution in [0.15, 0.2) is 72.3 Å². The van der Waals surface area contributed by atoms with Gasteiger partial charge >= 0.3 is 0 Å². The zero-order chi connectivity index (χ0) is 27.4. The lowest BCUT2D eigenvalue weighted by Gasteiger charge is -2.27. The number of rotatable bonds is 9. The number of nitrogens with zero attached hydrogens (tertiary/aromatic N) is 2. The second-order valence-corrected chi connectivity index (χ2v) is 8.70. The molecule has 0 aromatic heterocycles. The van der Waals surface area contributed by atoms with Gasteiger partial charge in [-0.05, 0) is 74.0 Å². The molecule has 1 aliphatic heterocycles. The SMILES string of the molecule is CCN(CC)c1ccc(N2C(=O)C(=O)/C(=C(\O)c3ccc(OC)c(OC)c3)C2c2cccc(OC)c2)cc1. The number of amides is 1. The fraction of sp³-hybridized carbons (Fsp3) is 0.267. The summed E-state index contributed by atoms with van der Waals surface area (Å²) >= 11 is 0. The molecule has 0 spiro atoms. The van der Waals surface area contributed by atoms with Gasteiger partial charge in [0.15, 0.2) is 11.5 Å². The van der Waals surface area contributed by atoms with Gasteiger partial charge < -0.3 is 24.2 Å². The normalized spacial score (nSPS) is 16.4. The van der Waals surface area contributed by atoms with Crippen LogP contribution in [0.1, 0.15) is 31.0 Å². The van der Waals surface area contributed by atoms with Crippen molar-refractivity contribution in [3.63, 3.8) is 0 Å². The van der Waals surface area contributed by atoms with Crippen molar-refractivity contribution >= 4 is 28.8 Å². The summed E-state index contributed by atoms with van der Waals surface area (Å²) in [5, 5.41) is 11.4. The first-order chi connectivity index (χ1) is 18.4. The molecule has 0 aliphatic carbocycles. The molecule has 1 N–H and O–H groups in total. The third-order valence-corrected chi connectivity index (χ3v) is 6.77. The standard InChI is InChI=1S/C30H32N2O6/c1-6-31(7-2)21-12-14-22(15-13-21)32-27(19-9-8-10-23(17-19)36-3)26(29(34)30(32)35)28(33)20-11-16-24(37-4)25(18-20)38-5/h8-18,27,33H,6-7H2,1-5H3/b28-26-. The Kier molecular flexibility index (Phi) is 7.90. The third-order valence-electron chi connectivity index (χ3n) is 6.77. The number of Topliss-reactive ketones (excluding diaryl/α,β-unsaturated/α-hetero) is 1. The van der Waals surface area contributed by atoms with Crippen molar-refractivity contribution in [1.82, 2.24) is 0 Å². The predicted octanol–water partition coefficient (Wildman–Crippen LogP) is 5.18. The fourth-order valence-electron chi connectivity index (χ4n) is 4.78. The van der Waals surface area contributed by atoms with E-state index >= 15 is 0 Å². The van der Waals surface area contributed by atoms with E-state index in [0.717, 1.165) is 18.8 Å². The molecular formula is C30H32N2O6. The Hall–Kier alpha value is -4.46. The molecular weight excluding hydrogens is 484 g/mol. The highest BCUT2D eigenvalue weighted by molar-refractivity contribution is 6.51. The molecule has 1 atom stereocenters. The van der Waals surface area contributed by atoms with Crippen molar-refractivity contribution in [2.45, 2.75) is 19.9 Å². The molecule has 1 heterocycles. The van der Waals surface area contributed by atoms with E-state index in [0.29, 0.717) is 34.1 Å². The molecule has 3 aromatic rings. The van der Waals surface area contributed by atoms with E-state index in [1.165, 1.54) is 19.1 Å². The number of aliphatic hydroxyl groups excluding tert-OH is 1. The Morgan fingerprint density at radius 2 is 1.55 bits per heavy atom. The number of benzene rings is 3. The number of hydrogen-bond acceptors (Lipinski definition) is 7. The smallest absolute Gasteiger partial charge is 0.300 e. The summed E-state index contributed by atoms with van der Waals surface area (Å²) in [5.41, 5.74) is 2.48. The summed E-state index contributed by atoms with van der Waals surface area (Å²) < 4.78 is 16.1. The number of ether oxygens (including phenoxy) is 3. The lowest BCUT2D eigenvalue weighted by atomic mass is 9.94. The van der Waals surface area contributed by atoms with E-state index in [9.17, 15) is 14.7 Å². The van der Waals surface area contributed by atoms with E-state index in [1.807, 2.05) is 24.3 Å². The van der Waals surface area contributed by atoms with Crippen LogP contribution in [0, 0.1) is 0 Å². The third kappa shape index (κ3) is 4.77. The fourth-order valence-corrected chi connectivity index (χ4v) is 4.78. The van der Waals surface area contributed by atoms with Crippen LogP contribution in [0.4, 0.5) is 11.4 Å². The summed E-state index contributed by atoms with van der Waals surface area (Å²) in [4.78, 5) is 30.6. The molecule has 0 radical (unpaired) electrons. The van der Waals surface area contributed by atoms with Gasteiger partial charge in [0.2, 0.25) is 0 Å². The van der Waals surface area contributed by atoms with Crippen LogP contribution in [0.25, 0.3) is 5.76 Å². The van der Waals surface area contributed by atoms with Crippen molar-refractivity contribution in [1.29, 1.82) is 0 Å². The van der Waals surface area contributed by atoms with Crippen molar-refractivity contribution in [3.05, 3.63) is 83.4 Å². The molecule has 8 nitrogen and oxygen atoms in total. The second-order valence-electron chi connectivity index (χ2n) is 8.70. The maximum absolute atomic E-state index is 13.5. The van der Waals surface area contributed by atoms with Crippen LogP contribution in [0.2, 0.25) is 0 Å². The van der Waals surface area contributed by atoms with Gasteiger partial charge in [-0.15, -0.1) is 0 Å². The van der Waals surface area contributed by atoms with Crippen LogP contribution >= 0.6 is 0 Å². The number of carbonyl (C=O) groups excluding carboxylic acids is 2. The van der Waals surface area contributed by atoms with Gasteiger partial charge in [0.05, 0.1) is 32.9 Å². The van der Waals surface area contributed by atoms with E-state index in [1.54, 1.807) is 49.6 Å². The molecule has 8 heteroatoms. The molecule has 1 fully saturated rings. The maximum atomic E-state index is 13.5. The lowest BCUT2D eigenvalue weighted by molar-refractivity contribution is -0.132. The van der Waals surface area contributed by atoms with Gasteiger partial charge in [-0.1, -0.05) is 12.1 Å². The minimum Gasteiger partial charge on any atom is -0.507 e. The van der Waals surface area contributed by atoms with Crippen LogP contribution < -0.4 is 24.0 Å². The Morgan fingerprint density at radius 3 is 2.16 bits per heavy atom. The zero-order valence-corrected chi connectivity index (χ0v) is 22.2. The van der Waals surface area contributed by atoms with Crippen molar-refractivity contribution in [3.8, 4) is 17.2 Å². The number of ketones is 1. The van der Waals surface area contributed by atoms with E-state index in [2.05, 4.69) is 18.7 Å². The van der Waals surface area contributed by atoms with Gasteiger partial charge in [0.25, 0.3) is 11.7 Å². The highest BCUT2D eigenvalue weighted by Gasteiger charge is 2.47. The van der Waals surface area contributed by atoms with Gasteiger partial charge in [-0.3, -0.25) is 14.5 Å². The second kappa shape index (κ2) is 11.3. The summed E-state index contributed by atoms with van der Waals surface area (Å²) in [7, 11) is 4.54. The number of aliphatic hydroxyl groups is 1. The molecule has 1 saturated heterocycles. The topological polar surface area (TPSA) is 88.5 Å². The van der Waals surface area contributed by atoms with Crippen LogP contribution in [-0.4, -0.2) is 51.2 Å². The summed E-state index contributed by atoms with van der Waals surface area (Å²) in [6, 6.07) is 18.6. The highest BCUT2D eigenvalue weighted by Crippen LogP contribution is 2.44. The van der Waals surface area contributed by atoms with Gasteiger partial charge in [-0.2, -0.15) is 0 Å². The minimum atomic E-state index is -0.877. The minimum absolute atomic E-state index is 0.0247. The average molecular weight is 517 g/mol. The lowest BCUT2D eigenvalue weighted by Crippen LogP contribution is -2.29. The Labute approximate surface area is 222 Å². The molecule has 1 amide bonds. The Bertz CT molecular complexity index is 1360. The van der Waals surface area contributed by atoms with Crippen molar-refractivity contribution in [2.24, 2.45) is 0 Å². The molecule has 38 heavy (non-hydrogen) atoms. The van der Waals surface area contributed by atoms with E-state index in [-0.39, 0.29) is 11.3 Å². The van der Waals surface area contributed by atoms with Crippen LogP contribution in [0.5, 0.6) is 17.2 Å². The molecule has 1 aliphatic rings. The van der Waals surface area contributed by atoms with Crippen molar-refractivity contribution in [2.75, 3.05) is 44.2 Å². The predicted molar refractivity (Wildman–Crippen MR) is 147 cm³/mol. The Balaban J connectivity index is 1.90. The Morgan fingerprint density at radius 1 is 0.868 bits per heavy atom. The number of hydrogen-bond donors (Lipinski definition) is 1.